The zero-order chi connectivity index (χ0) is 19.8. The van der Waals surface area contributed by atoms with E-state index in [9.17, 15) is 0 Å². The van der Waals surface area contributed by atoms with Gasteiger partial charge in [0.15, 0.2) is 5.11 Å². The molecule has 0 saturated carbocycles. The van der Waals surface area contributed by atoms with Gasteiger partial charge in [-0.25, -0.2) is 0 Å². The fraction of sp³-hybridized carbons (Fsp3) is 0.435. The maximum Gasteiger partial charge on any atom is 0.171 e. The van der Waals surface area contributed by atoms with E-state index >= 15 is 0 Å². The number of rotatable bonds is 8. The van der Waals surface area contributed by atoms with Crippen molar-refractivity contribution in [3.8, 4) is 5.75 Å². The maximum atomic E-state index is 6.01. The van der Waals surface area contributed by atoms with Crippen LogP contribution < -0.4 is 15.4 Å². The zero-order valence-electron chi connectivity index (χ0n) is 17.2. The van der Waals surface area contributed by atoms with Crippen LogP contribution in [0, 0.1) is 20.8 Å². The molecule has 4 heteroatoms. The van der Waals surface area contributed by atoms with Crippen LogP contribution in [-0.2, 0) is 6.42 Å². The SMILES string of the molecule is CCCCc1ccc(NC(=S)NC(C)COc2c(C)cccc2C)c(C)c1. The van der Waals surface area contributed by atoms with Crippen molar-refractivity contribution >= 4 is 23.0 Å². The average Bonchev–Trinajstić information content (AvgIpc) is 2.61. The number of thiocarbonyl (C=S) groups is 1. The number of ether oxygens (including phenoxy) is 1. The smallest absolute Gasteiger partial charge is 0.171 e. The first kappa shape index (κ1) is 21.2. The van der Waals surface area contributed by atoms with E-state index in [2.05, 4.69) is 75.6 Å². The molecule has 1 atom stereocenters. The molecule has 0 radical (unpaired) electrons. The second-order valence-electron chi connectivity index (χ2n) is 7.28. The average molecular weight is 385 g/mol. The Morgan fingerprint density at radius 3 is 2.41 bits per heavy atom. The van der Waals surface area contributed by atoms with Gasteiger partial charge in [0.1, 0.15) is 12.4 Å². The molecule has 0 amide bonds. The molecule has 2 aromatic carbocycles. The predicted molar refractivity (Wildman–Crippen MR) is 120 cm³/mol. The van der Waals surface area contributed by atoms with Crippen LogP contribution in [0.5, 0.6) is 5.75 Å². The summed E-state index contributed by atoms with van der Waals surface area (Å²) in [5, 5.41) is 7.24. The van der Waals surface area contributed by atoms with Crippen molar-refractivity contribution in [2.45, 2.75) is 59.9 Å². The first-order chi connectivity index (χ1) is 12.9. The van der Waals surface area contributed by atoms with E-state index in [0.717, 1.165) is 29.0 Å². The highest BCUT2D eigenvalue weighted by Crippen LogP contribution is 2.22. The van der Waals surface area contributed by atoms with Crippen molar-refractivity contribution < 1.29 is 4.74 Å². The lowest BCUT2D eigenvalue weighted by atomic mass is 10.0. The second-order valence-corrected chi connectivity index (χ2v) is 7.69. The Hall–Kier alpha value is -2.07. The van der Waals surface area contributed by atoms with Crippen LogP contribution in [0.4, 0.5) is 5.69 Å². The van der Waals surface area contributed by atoms with Gasteiger partial charge in [-0.2, -0.15) is 0 Å². The summed E-state index contributed by atoms with van der Waals surface area (Å²) in [4.78, 5) is 0. The summed E-state index contributed by atoms with van der Waals surface area (Å²) in [6.45, 7) is 11.1. The monoisotopic (exact) mass is 384 g/mol. The van der Waals surface area contributed by atoms with Crippen molar-refractivity contribution in [1.29, 1.82) is 0 Å². The van der Waals surface area contributed by atoms with Crippen molar-refractivity contribution in [3.05, 3.63) is 58.7 Å². The molecule has 0 bridgehead atoms. The molecule has 2 N–H and O–H groups in total. The topological polar surface area (TPSA) is 33.3 Å². The standard InChI is InChI=1S/C23H32N2OS/c1-6-7-11-20-12-13-21(18(4)14-20)25-23(27)24-19(5)15-26-22-16(2)9-8-10-17(22)3/h8-10,12-14,19H,6-7,11,15H2,1-5H3,(H2,24,25,27). The van der Waals surface area contributed by atoms with Gasteiger partial charge in [-0.15, -0.1) is 0 Å². The van der Waals surface area contributed by atoms with Gasteiger partial charge in [0.2, 0.25) is 0 Å². The molecule has 0 aliphatic rings. The minimum absolute atomic E-state index is 0.105. The van der Waals surface area contributed by atoms with Crippen molar-refractivity contribution in [1.82, 2.24) is 5.32 Å². The van der Waals surface area contributed by atoms with Gasteiger partial charge in [-0.1, -0.05) is 43.7 Å². The first-order valence-corrected chi connectivity index (χ1v) is 10.2. The Morgan fingerprint density at radius 1 is 1.07 bits per heavy atom. The quantitative estimate of drug-likeness (QED) is 0.571. The van der Waals surface area contributed by atoms with Crippen LogP contribution in [0.3, 0.4) is 0 Å². The second kappa shape index (κ2) is 10.3. The molecular weight excluding hydrogens is 352 g/mol. The molecule has 1 unspecified atom stereocenters. The van der Waals surface area contributed by atoms with Gasteiger partial charge in [-0.3, -0.25) is 0 Å². The van der Waals surface area contributed by atoms with Gasteiger partial charge in [0, 0.05) is 5.69 Å². The maximum absolute atomic E-state index is 6.01. The molecule has 0 aliphatic carbocycles. The molecule has 0 saturated heterocycles. The molecule has 0 fully saturated rings. The van der Waals surface area contributed by atoms with Gasteiger partial charge in [0.05, 0.1) is 6.04 Å². The molecule has 146 valence electrons. The molecule has 3 nitrogen and oxygen atoms in total. The molecule has 2 rings (SSSR count). The van der Waals surface area contributed by atoms with Gasteiger partial charge in [-0.05, 0) is 81.1 Å². The van der Waals surface area contributed by atoms with Crippen molar-refractivity contribution in [2.75, 3.05) is 11.9 Å². The number of nitrogens with one attached hydrogen (secondary N) is 2. The third-order valence-corrected chi connectivity index (χ3v) is 4.84. The number of hydrogen-bond acceptors (Lipinski definition) is 2. The van der Waals surface area contributed by atoms with E-state index in [1.807, 2.05) is 6.07 Å². The minimum Gasteiger partial charge on any atom is -0.491 e. The third kappa shape index (κ3) is 6.55. The van der Waals surface area contributed by atoms with E-state index in [1.165, 1.54) is 24.0 Å². The summed E-state index contributed by atoms with van der Waals surface area (Å²) in [5.41, 5.74) is 5.96. The van der Waals surface area contributed by atoms with E-state index < -0.39 is 0 Å². The van der Waals surface area contributed by atoms with Crippen LogP contribution in [-0.4, -0.2) is 17.8 Å². The summed E-state index contributed by atoms with van der Waals surface area (Å²) in [6, 6.07) is 12.8. The number of unbranched alkanes of at least 4 members (excludes halogenated alkanes) is 1. The van der Waals surface area contributed by atoms with Crippen LogP contribution in [0.2, 0.25) is 0 Å². The summed E-state index contributed by atoms with van der Waals surface area (Å²) >= 11 is 5.48. The lowest BCUT2D eigenvalue weighted by molar-refractivity contribution is 0.283. The van der Waals surface area contributed by atoms with Crippen molar-refractivity contribution in [3.63, 3.8) is 0 Å². The normalized spacial score (nSPS) is 11.7. The first-order valence-electron chi connectivity index (χ1n) is 9.76. The number of para-hydroxylation sites is 1. The molecule has 2 aromatic rings. The summed E-state index contributed by atoms with van der Waals surface area (Å²) < 4.78 is 6.01. The number of anilines is 1. The lowest BCUT2D eigenvalue weighted by Gasteiger charge is -2.20. The summed E-state index contributed by atoms with van der Waals surface area (Å²) in [7, 11) is 0. The van der Waals surface area contributed by atoms with Gasteiger partial charge < -0.3 is 15.4 Å². The van der Waals surface area contributed by atoms with Crippen LogP contribution in [0.25, 0.3) is 0 Å². The largest absolute Gasteiger partial charge is 0.491 e. The predicted octanol–water partition coefficient (Wildman–Crippen LogP) is 5.71. The Labute approximate surface area is 169 Å². The number of benzene rings is 2. The third-order valence-electron chi connectivity index (χ3n) is 4.62. The molecule has 0 spiro atoms. The van der Waals surface area contributed by atoms with E-state index in [1.54, 1.807) is 0 Å². The van der Waals surface area contributed by atoms with E-state index in [4.69, 9.17) is 17.0 Å². The minimum atomic E-state index is 0.105. The Kier molecular flexibility index (Phi) is 8.11. The number of hydrogen-bond donors (Lipinski definition) is 2. The highest BCUT2D eigenvalue weighted by atomic mass is 32.1. The lowest BCUT2D eigenvalue weighted by Crippen LogP contribution is -2.39. The molecule has 0 aliphatic heterocycles. The van der Waals surface area contributed by atoms with Gasteiger partial charge in [0.25, 0.3) is 0 Å². The molecule has 0 heterocycles. The Balaban J connectivity index is 1.86. The highest BCUT2D eigenvalue weighted by molar-refractivity contribution is 7.80. The fourth-order valence-electron chi connectivity index (χ4n) is 3.06. The molecule has 0 aromatic heterocycles. The summed E-state index contributed by atoms with van der Waals surface area (Å²) in [6.07, 6.45) is 3.58. The summed E-state index contributed by atoms with van der Waals surface area (Å²) in [5.74, 6) is 0.962. The van der Waals surface area contributed by atoms with Gasteiger partial charge >= 0.3 is 0 Å². The molecule has 27 heavy (non-hydrogen) atoms. The Bertz CT molecular complexity index is 753. The Morgan fingerprint density at radius 2 is 1.78 bits per heavy atom. The van der Waals surface area contributed by atoms with Crippen LogP contribution in [0.15, 0.2) is 36.4 Å². The highest BCUT2D eigenvalue weighted by Gasteiger charge is 2.09. The fourth-order valence-corrected chi connectivity index (χ4v) is 3.37. The number of aryl methyl sites for hydroxylation is 4. The molecular formula is C23H32N2OS. The zero-order valence-corrected chi connectivity index (χ0v) is 18.0. The van der Waals surface area contributed by atoms with E-state index in [-0.39, 0.29) is 6.04 Å². The van der Waals surface area contributed by atoms with Crippen molar-refractivity contribution in [2.24, 2.45) is 0 Å². The van der Waals surface area contributed by atoms with Crippen LogP contribution >= 0.6 is 12.2 Å². The van der Waals surface area contributed by atoms with E-state index in [0.29, 0.717) is 11.7 Å². The van der Waals surface area contributed by atoms with Crippen LogP contribution in [0.1, 0.15) is 48.9 Å².